The molecule has 0 aromatic carbocycles. The van der Waals surface area contributed by atoms with Crippen LogP contribution >= 0.6 is 0 Å². The zero-order valence-corrected chi connectivity index (χ0v) is 12.0. The van der Waals surface area contributed by atoms with Gasteiger partial charge in [0.05, 0.1) is 11.9 Å². The van der Waals surface area contributed by atoms with Gasteiger partial charge >= 0.3 is 0 Å². The van der Waals surface area contributed by atoms with E-state index in [-0.39, 0.29) is 0 Å². The van der Waals surface area contributed by atoms with Crippen LogP contribution in [0.5, 0.6) is 0 Å². The molecule has 0 unspecified atom stereocenters. The predicted molar refractivity (Wildman–Crippen MR) is 84.2 cm³/mol. The van der Waals surface area contributed by atoms with E-state index in [1.807, 2.05) is 41.0 Å². The minimum absolute atomic E-state index is 0.805. The molecular formula is C17H13N5. The average molecular weight is 287 g/mol. The van der Waals surface area contributed by atoms with Crippen molar-refractivity contribution in [3.8, 4) is 22.5 Å². The Morgan fingerprint density at radius 1 is 0.864 bits per heavy atom. The summed E-state index contributed by atoms with van der Waals surface area (Å²) in [4.78, 5) is 13.1. The predicted octanol–water partition coefficient (Wildman–Crippen LogP) is 3.16. The standard InChI is InChI=1S/C17H13N5/c1-12-5-8-18-10-14(12)13-6-9-21-22-16(11-20-17(13)22)15-4-2-3-7-19-15/h2-11H,1H3. The van der Waals surface area contributed by atoms with Crippen molar-refractivity contribution in [1.29, 1.82) is 0 Å². The first-order valence-corrected chi connectivity index (χ1v) is 7.00. The Morgan fingerprint density at radius 3 is 2.64 bits per heavy atom. The molecule has 0 bridgehead atoms. The van der Waals surface area contributed by atoms with E-state index in [2.05, 4.69) is 27.0 Å². The summed E-state index contributed by atoms with van der Waals surface area (Å²) in [6, 6.07) is 9.76. The summed E-state index contributed by atoms with van der Waals surface area (Å²) in [7, 11) is 0. The smallest absolute Gasteiger partial charge is 0.162 e. The normalized spacial score (nSPS) is 11.0. The molecule has 4 rings (SSSR count). The lowest BCUT2D eigenvalue weighted by Crippen LogP contribution is -1.97. The highest BCUT2D eigenvalue weighted by molar-refractivity contribution is 5.80. The molecule has 0 aliphatic heterocycles. The summed E-state index contributed by atoms with van der Waals surface area (Å²) in [6.45, 7) is 2.07. The van der Waals surface area contributed by atoms with Crippen LogP contribution in [-0.2, 0) is 0 Å². The van der Waals surface area contributed by atoms with Crippen LogP contribution in [0.2, 0.25) is 0 Å². The SMILES string of the molecule is Cc1ccncc1-c1ccnn2c(-c3ccccn3)cnc12. The number of fused-ring (bicyclic) bond motifs is 1. The third kappa shape index (κ3) is 1.95. The molecule has 0 fully saturated rings. The minimum atomic E-state index is 0.805. The van der Waals surface area contributed by atoms with Gasteiger partial charge in [0.15, 0.2) is 5.65 Å². The van der Waals surface area contributed by atoms with E-state index >= 15 is 0 Å². The third-order valence-corrected chi connectivity index (χ3v) is 3.66. The van der Waals surface area contributed by atoms with Gasteiger partial charge in [-0.2, -0.15) is 5.10 Å². The topological polar surface area (TPSA) is 56.0 Å². The Kier molecular flexibility index (Phi) is 2.89. The van der Waals surface area contributed by atoms with E-state index < -0.39 is 0 Å². The molecule has 0 aliphatic carbocycles. The summed E-state index contributed by atoms with van der Waals surface area (Å²) in [5.74, 6) is 0. The molecule has 0 amide bonds. The first kappa shape index (κ1) is 12.6. The number of imidazole rings is 1. The number of aromatic nitrogens is 5. The second kappa shape index (κ2) is 5.04. The van der Waals surface area contributed by atoms with E-state index in [9.17, 15) is 0 Å². The van der Waals surface area contributed by atoms with E-state index in [4.69, 9.17) is 0 Å². The van der Waals surface area contributed by atoms with Crippen LogP contribution in [0.15, 0.2) is 61.3 Å². The maximum Gasteiger partial charge on any atom is 0.162 e. The maximum absolute atomic E-state index is 4.55. The second-order valence-corrected chi connectivity index (χ2v) is 5.03. The van der Waals surface area contributed by atoms with Gasteiger partial charge in [-0.15, -0.1) is 0 Å². The number of hydrogen-bond acceptors (Lipinski definition) is 4. The molecule has 4 heterocycles. The molecule has 0 N–H and O–H groups in total. The second-order valence-electron chi connectivity index (χ2n) is 5.03. The lowest BCUT2D eigenvalue weighted by atomic mass is 10.1. The average Bonchev–Trinajstić information content (AvgIpc) is 3.00. The largest absolute Gasteiger partial charge is 0.264 e. The first-order chi connectivity index (χ1) is 10.8. The highest BCUT2D eigenvalue weighted by Gasteiger charge is 2.13. The van der Waals surface area contributed by atoms with Gasteiger partial charge in [-0.1, -0.05) is 6.07 Å². The molecule has 0 atom stereocenters. The molecule has 5 nitrogen and oxygen atoms in total. The van der Waals surface area contributed by atoms with Gasteiger partial charge in [0.1, 0.15) is 5.69 Å². The Bertz CT molecular complexity index is 944. The Labute approximate surface area is 127 Å². The highest BCUT2D eigenvalue weighted by atomic mass is 15.3. The molecule has 22 heavy (non-hydrogen) atoms. The van der Waals surface area contributed by atoms with Crippen LogP contribution in [0.3, 0.4) is 0 Å². The van der Waals surface area contributed by atoms with Crippen LogP contribution in [-0.4, -0.2) is 24.6 Å². The molecule has 106 valence electrons. The third-order valence-electron chi connectivity index (χ3n) is 3.66. The highest BCUT2D eigenvalue weighted by Crippen LogP contribution is 2.27. The summed E-state index contributed by atoms with van der Waals surface area (Å²) < 4.78 is 1.82. The fraction of sp³-hybridized carbons (Fsp3) is 0.0588. The van der Waals surface area contributed by atoms with Crippen LogP contribution in [0.4, 0.5) is 0 Å². The zero-order valence-electron chi connectivity index (χ0n) is 12.0. The fourth-order valence-corrected chi connectivity index (χ4v) is 2.54. The molecular weight excluding hydrogens is 274 g/mol. The monoisotopic (exact) mass is 287 g/mol. The van der Waals surface area contributed by atoms with Crippen molar-refractivity contribution >= 4 is 5.65 Å². The van der Waals surface area contributed by atoms with E-state index in [0.29, 0.717) is 0 Å². The van der Waals surface area contributed by atoms with Crippen molar-refractivity contribution in [3.63, 3.8) is 0 Å². The van der Waals surface area contributed by atoms with Crippen LogP contribution < -0.4 is 0 Å². The van der Waals surface area contributed by atoms with E-state index in [1.165, 1.54) is 0 Å². The lowest BCUT2D eigenvalue weighted by Gasteiger charge is -2.07. The summed E-state index contributed by atoms with van der Waals surface area (Å²) in [6.07, 6.45) is 9.01. The van der Waals surface area contributed by atoms with Crippen molar-refractivity contribution in [1.82, 2.24) is 24.6 Å². The quantitative estimate of drug-likeness (QED) is 0.568. The van der Waals surface area contributed by atoms with E-state index in [1.54, 1.807) is 24.8 Å². The summed E-state index contributed by atoms with van der Waals surface area (Å²) in [5.41, 5.74) is 5.77. The molecule has 5 heteroatoms. The van der Waals surface area contributed by atoms with Crippen molar-refractivity contribution in [2.45, 2.75) is 6.92 Å². The van der Waals surface area contributed by atoms with Gasteiger partial charge in [-0.25, -0.2) is 9.50 Å². The van der Waals surface area contributed by atoms with Crippen molar-refractivity contribution in [3.05, 3.63) is 66.9 Å². The number of rotatable bonds is 2. The molecule has 0 saturated carbocycles. The van der Waals surface area contributed by atoms with Crippen LogP contribution in [0, 0.1) is 6.92 Å². The minimum Gasteiger partial charge on any atom is -0.264 e. The van der Waals surface area contributed by atoms with Gasteiger partial charge in [-0.3, -0.25) is 9.97 Å². The Hall–Kier alpha value is -3.08. The summed E-state index contributed by atoms with van der Waals surface area (Å²) in [5, 5.41) is 4.43. The number of nitrogens with zero attached hydrogens (tertiary/aromatic N) is 5. The van der Waals surface area contributed by atoms with Crippen molar-refractivity contribution < 1.29 is 0 Å². The zero-order chi connectivity index (χ0) is 14.9. The summed E-state index contributed by atoms with van der Waals surface area (Å²) >= 11 is 0. The molecule has 4 aromatic rings. The fourth-order valence-electron chi connectivity index (χ4n) is 2.54. The van der Waals surface area contributed by atoms with E-state index in [0.717, 1.165) is 33.7 Å². The molecule has 0 spiro atoms. The maximum atomic E-state index is 4.55. The molecule has 0 saturated heterocycles. The molecule has 0 aliphatic rings. The number of pyridine rings is 2. The first-order valence-electron chi connectivity index (χ1n) is 7.00. The molecule has 0 radical (unpaired) electrons. The van der Waals surface area contributed by atoms with Crippen LogP contribution in [0.1, 0.15) is 5.56 Å². The van der Waals surface area contributed by atoms with Gasteiger partial charge in [0.2, 0.25) is 0 Å². The van der Waals surface area contributed by atoms with Crippen molar-refractivity contribution in [2.24, 2.45) is 0 Å². The molecule has 4 aromatic heterocycles. The van der Waals surface area contributed by atoms with Gasteiger partial charge in [0.25, 0.3) is 0 Å². The van der Waals surface area contributed by atoms with Crippen LogP contribution in [0.25, 0.3) is 28.2 Å². The Balaban J connectivity index is 1.97. The van der Waals surface area contributed by atoms with Gasteiger partial charge in [0, 0.05) is 35.9 Å². The number of aryl methyl sites for hydroxylation is 1. The van der Waals surface area contributed by atoms with Crippen molar-refractivity contribution in [2.75, 3.05) is 0 Å². The lowest BCUT2D eigenvalue weighted by molar-refractivity contribution is 0.939. The Morgan fingerprint density at radius 2 is 1.82 bits per heavy atom. The van der Waals surface area contributed by atoms with Gasteiger partial charge < -0.3 is 0 Å². The number of hydrogen-bond donors (Lipinski definition) is 0. The van der Waals surface area contributed by atoms with Gasteiger partial charge in [-0.05, 0) is 36.8 Å².